The van der Waals surface area contributed by atoms with Crippen molar-refractivity contribution in [1.29, 1.82) is 0 Å². The van der Waals surface area contributed by atoms with Gasteiger partial charge in [-0.05, 0) is 184 Å². The van der Waals surface area contributed by atoms with E-state index < -0.39 is 0 Å². The summed E-state index contributed by atoms with van der Waals surface area (Å²) in [6.07, 6.45) is 19.8. The Morgan fingerprint density at radius 3 is 1.30 bits per heavy atom. The fourth-order valence-corrected chi connectivity index (χ4v) is 15.2. The maximum absolute atomic E-state index is 10.9. The maximum Gasteiger partial charge on any atom is 0.0596 e. The van der Waals surface area contributed by atoms with Gasteiger partial charge < -0.3 is 10.2 Å². The lowest BCUT2D eigenvalue weighted by Gasteiger charge is -2.61. The molecule has 0 radical (unpaired) electrons. The molecule has 0 unspecified atom stereocenters. The van der Waals surface area contributed by atoms with Crippen LogP contribution in [0.3, 0.4) is 0 Å². The van der Waals surface area contributed by atoms with Gasteiger partial charge >= 0.3 is 0 Å². The van der Waals surface area contributed by atoms with Crippen LogP contribution in [-0.2, 0) is 0 Å². The van der Waals surface area contributed by atoms with Crippen LogP contribution < -0.4 is 0 Å². The van der Waals surface area contributed by atoms with Crippen LogP contribution in [0.1, 0.15) is 144 Å². The molecule has 8 aliphatic rings. The molecular weight excluding hydrogens is 540 g/mol. The second-order valence-electron chi connectivity index (χ2n) is 19.4. The van der Waals surface area contributed by atoms with Crippen molar-refractivity contribution in [3.63, 3.8) is 0 Å². The summed E-state index contributed by atoms with van der Waals surface area (Å²) in [5, 5.41) is 32.1. The first-order chi connectivity index (χ1) is 20.9. The third-order valence-electron chi connectivity index (χ3n) is 17.9. The van der Waals surface area contributed by atoms with E-state index in [2.05, 4.69) is 41.5 Å². The Morgan fingerprint density at radius 2 is 0.886 bits per heavy atom. The summed E-state index contributed by atoms with van der Waals surface area (Å²) in [5.74, 6) is 7.34. The average Bonchev–Trinajstić information content (AvgIpc) is 3.46. The summed E-state index contributed by atoms with van der Waals surface area (Å²) in [6.45, 7) is 15.1. The average molecular weight is 605 g/mol. The van der Waals surface area contributed by atoms with Gasteiger partial charge in [-0.3, -0.25) is 0 Å². The third kappa shape index (κ3) is 4.20. The minimum atomic E-state index is -0.0722. The Labute approximate surface area is 268 Å². The molecule has 246 valence electrons. The smallest absolute Gasteiger partial charge is 0.0596 e. The molecule has 0 saturated heterocycles. The summed E-state index contributed by atoms with van der Waals surface area (Å²) in [6, 6.07) is 0. The Morgan fingerprint density at radius 1 is 0.500 bits per heavy atom. The van der Waals surface area contributed by atoms with E-state index in [1.807, 2.05) is 0 Å². The molecule has 0 aromatic carbocycles. The zero-order valence-electron chi connectivity index (χ0n) is 29.0. The Balaban J connectivity index is 0.970. The topological polar surface area (TPSA) is 65.2 Å². The van der Waals surface area contributed by atoms with Crippen molar-refractivity contribution >= 4 is 11.4 Å². The molecule has 8 fully saturated rings. The maximum atomic E-state index is 10.9. The van der Waals surface area contributed by atoms with Crippen LogP contribution in [-0.4, -0.2) is 33.8 Å². The molecule has 0 spiro atoms. The number of nitrogens with zero attached hydrogens (tertiary/aromatic N) is 2. The third-order valence-corrected chi connectivity index (χ3v) is 17.9. The van der Waals surface area contributed by atoms with Crippen LogP contribution in [0.2, 0.25) is 0 Å². The van der Waals surface area contributed by atoms with E-state index in [9.17, 15) is 10.2 Å². The van der Waals surface area contributed by atoms with Crippen LogP contribution in [0.25, 0.3) is 0 Å². The molecule has 4 nitrogen and oxygen atoms in total. The van der Waals surface area contributed by atoms with Gasteiger partial charge in [-0.2, -0.15) is 10.2 Å². The minimum absolute atomic E-state index is 0.0722. The largest absolute Gasteiger partial charge is 0.393 e. The normalized spacial score (nSPS) is 60.2. The van der Waals surface area contributed by atoms with E-state index in [1.54, 1.807) is 0 Å². The molecule has 2 N–H and O–H groups in total. The monoisotopic (exact) mass is 604 g/mol. The molecule has 16 atom stereocenters. The lowest BCUT2D eigenvalue weighted by Crippen LogP contribution is -2.55. The second-order valence-corrected chi connectivity index (χ2v) is 19.4. The molecule has 4 heteroatoms. The van der Waals surface area contributed by atoms with Crippen LogP contribution in [0.4, 0.5) is 0 Å². The van der Waals surface area contributed by atoms with Crippen molar-refractivity contribution in [2.24, 2.45) is 91.0 Å². The number of rotatable bonds is 1. The van der Waals surface area contributed by atoms with Gasteiger partial charge in [-0.25, -0.2) is 0 Å². The summed E-state index contributed by atoms with van der Waals surface area (Å²) < 4.78 is 0. The van der Waals surface area contributed by atoms with E-state index in [1.165, 1.54) is 88.5 Å². The van der Waals surface area contributed by atoms with Gasteiger partial charge in [0, 0.05) is 11.4 Å². The molecule has 0 heterocycles. The van der Waals surface area contributed by atoms with Gasteiger partial charge in [0.05, 0.1) is 12.2 Å². The summed E-state index contributed by atoms with van der Waals surface area (Å²) in [7, 11) is 0. The molecule has 8 aliphatic carbocycles. The van der Waals surface area contributed by atoms with Crippen LogP contribution in [0.5, 0.6) is 0 Å². The van der Waals surface area contributed by atoms with E-state index in [0.29, 0.717) is 22.7 Å². The highest BCUT2D eigenvalue weighted by Gasteiger charge is 2.62. The van der Waals surface area contributed by atoms with Crippen LogP contribution >= 0.6 is 0 Å². The van der Waals surface area contributed by atoms with Crippen molar-refractivity contribution in [3.05, 3.63) is 0 Å². The molecule has 44 heavy (non-hydrogen) atoms. The zero-order valence-corrected chi connectivity index (χ0v) is 29.0. The van der Waals surface area contributed by atoms with Crippen molar-refractivity contribution in [2.45, 2.75) is 156 Å². The Hall–Kier alpha value is -0.740. The molecule has 0 aliphatic heterocycles. The van der Waals surface area contributed by atoms with E-state index >= 15 is 0 Å². The SMILES string of the molecule is C[C@@H]1C[C@@]2(C)[C@@H](CC[C@H]3[C@@H]2CC[C@]2(C)[C@@H](O)CC[C@@H]32)C/C1=N/N=C1\C[C@H]2CC[C@H]3[C@H](CC[C@]4(C)[C@@H](O)CC[C@@H]34)[C@@]2(C)C[C@H]1C. The highest BCUT2D eigenvalue weighted by Crippen LogP contribution is 2.68. The predicted molar refractivity (Wildman–Crippen MR) is 179 cm³/mol. The number of aliphatic hydroxyl groups is 2. The fourth-order valence-electron chi connectivity index (χ4n) is 15.2. The number of hydrogen-bond donors (Lipinski definition) is 2. The summed E-state index contributed by atoms with van der Waals surface area (Å²) in [4.78, 5) is 0. The molecule has 0 aromatic rings. The first-order valence-electron chi connectivity index (χ1n) is 19.4. The Bertz CT molecular complexity index is 1120. The van der Waals surface area contributed by atoms with Gasteiger partial charge in [-0.15, -0.1) is 0 Å². The second kappa shape index (κ2) is 10.4. The molecule has 8 rings (SSSR count). The van der Waals surface area contributed by atoms with Crippen LogP contribution in [0.15, 0.2) is 10.2 Å². The lowest BCUT2D eigenvalue weighted by atomic mass is 9.44. The van der Waals surface area contributed by atoms with Crippen LogP contribution in [0, 0.1) is 80.8 Å². The lowest BCUT2D eigenvalue weighted by molar-refractivity contribution is -0.116. The standard InChI is InChI=1S/C40H64N2O2/c1-23-21-39(5)25(7-9-27-29-11-13-35(43)37(29,3)17-15-31(27)39)19-33(23)41-42-34-20-26-8-10-28-30-12-14-36(44)38(30,4)18-16-32(28)40(26,6)22-24(34)2/h23-32,35-36,43-44H,7-22H2,1-6H3/b41-33-,42-34+/t23-,24-,25+,26-,27-,28-,29+,30+,31+,32+,35+,36+,37+,38+,39+,40+/m1/s1. The number of hydrogen-bond acceptors (Lipinski definition) is 4. The van der Waals surface area contributed by atoms with Crippen molar-refractivity contribution in [1.82, 2.24) is 0 Å². The van der Waals surface area contributed by atoms with Gasteiger partial charge in [0.1, 0.15) is 0 Å². The summed E-state index contributed by atoms with van der Waals surface area (Å²) in [5.41, 5.74) is 3.99. The first kappa shape index (κ1) is 30.6. The fraction of sp³-hybridized carbons (Fsp3) is 0.950. The van der Waals surface area contributed by atoms with Crippen molar-refractivity contribution in [3.8, 4) is 0 Å². The van der Waals surface area contributed by atoms with Crippen molar-refractivity contribution < 1.29 is 10.2 Å². The minimum Gasteiger partial charge on any atom is -0.393 e. The summed E-state index contributed by atoms with van der Waals surface area (Å²) >= 11 is 0. The van der Waals surface area contributed by atoms with Gasteiger partial charge in [0.2, 0.25) is 0 Å². The highest BCUT2D eigenvalue weighted by atomic mass is 16.3. The predicted octanol–water partition coefficient (Wildman–Crippen LogP) is 9.08. The molecule has 0 aromatic heterocycles. The van der Waals surface area contributed by atoms with Gasteiger partial charge in [0.15, 0.2) is 0 Å². The number of fused-ring (bicyclic) bond motifs is 10. The molecular formula is C40H64N2O2. The quantitative estimate of drug-likeness (QED) is 0.293. The first-order valence-corrected chi connectivity index (χ1v) is 19.4. The molecule has 0 amide bonds. The van der Waals surface area contributed by atoms with Gasteiger partial charge in [0.25, 0.3) is 0 Å². The Kier molecular flexibility index (Phi) is 7.21. The molecule has 8 saturated carbocycles. The van der Waals surface area contributed by atoms with E-state index in [-0.39, 0.29) is 23.0 Å². The van der Waals surface area contributed by atoms with Gasteiger partial charge in [-0.1, -0.05) is 41.5 Å². The van der Waals surface area contributed by atoms with E-state index in [0.717, 1.165) is 73.0 Å². The zero-order chi connectivity index (χ0) is 30.8. The highest BCUT2D eigenvalue weighted by molar-refractivity contribution is 5.91. The van der Waals surface area contributed by atoms with E-state index in [4.69, 9.17) is 10.2 Å². The number of aliphatic hydroxyl groups excluding tert-OH is 2. The molecule has 0 bridgehead atoms. The van der Waals surface area contributed by atoms with Crippen molar-refractivity contribution in [2.75, 3.05) is 0 Å².